The highest BCUT2D eigenvalue weighted by molar-refractivity contribution is 9.10. The molecule has 1 saturated heterocycles. The summed E-state index contributed by atoms with van der Waals surface area (Å²) in [5, 5.41) is 7.95. The van der Waals surface area contributed by atoms with E-state index in [-0.39, 0.29) is 5.91 Å². The summed E-state index contributed by atoms with van der Waals surface area (Å²) < 4.78 is 2.70. The third kappa shape index (κ3) is 5.23. The molecule has 8 heteroatoms. The van der Waals surface area contributed by atoms with Crippen LogP contribution in [0.15, 0.2) is 41.3 Å². The molecule has 0 spiro atoms. The van der Waals surface area contributed by atoms with Gasteiger partial charge in [-0.05, 0) is 52.7 Å². The summed E-state index contributed by atoms with van der Waals surface area (Å²) in [5.74, 6) is 2.09. The number of nitrogens with one attached hydrogen (secondary N) is 1. The first-order chi connectivity index (χ1) is 15.0. The molecular formula is C23H29BrN6O. The molecule has 1 aliphatic rings. The van der Waals surface area contributed by atoms with Crippen LogP contribution in [0.2, 0.25) is 0 Å². The van der Waals surface area contributed by atoms with Gasteiger partial charge in [0, 0.05) is 56.1 Å². The number of carbonyl (C=O) groups excluding carboxylic acids is 1. The summed E-state index contributed by atoms with van der Waals surface area (Å²) in [5.41, 5.74) is 2.96. The van der Waals surface area contributed by atoms with Gasteiger partial charge in [-0.25, -0.2) is 4.98 Å². The molecule has 1 fully saturated rings. The van der Waals surface area contributed by atoms with Gasteiger partial charge >= 0.3 is 0 Å². The van der Waals surface area contributed by atoms with Gasteiger partial charge in [0.2, 0.25) is 5.91 Å². The average Bonchev–Trinajstić information content (AvgIpc) is 3.17. The SMILES string of the molecule is CC(C)CCC(=O)N1CCC(c2cc(NCc3cccnc3)n3ncc(Br)c3n2)CC1. The van der Waals surface area contributed by atoms with Crippen LogP contribution in [-0.2, 0) is 11.3 Å². The van der Waals surface area contributed by atoms with Gasteiger partial charge in [-0.15, -0.1) is 0 Å². The van der Waals surface area contributed by atoms with Crippen LogP contribution in [0.1, 0.15) is 56.7 Å². The Kier molecular flexibility index (Phi) is 6.85. The maximum atomic E-state index is 12.5. The molecule has 4 rings (SSSR count). The molecule has 4 heterocycles. The van der Waals surface area contributed by atoms with Crippen LogP contribution in [0.25, 0.3) is 5.65 Å². The van der Waals surface area contributed by atoms with Crippen molar-refractivity contribution in [3.63, 3.8) is 0 Å². The highest BCUT2D eigenvalue weighted by Gasteiger charge is 2.26. The Labute approximate surface area is 191 Å². The number of piperidine rings is 1. The van der Waals surface area contributed by atoms with Crippen LogP contribution in [0.3, 0.4) is 0 Å². The first kappa shape index (κ1) is 21.7. The Morgan fingerprint density at radius 3 is 2.81 bits per heavy atom. The molecule has 3 aromatic rings. The average molecular weight is 485 g/mol. The predicted octanol–water partition coefficient (Wildman–Crippen LogP) is 4.64. The summed E-state index contributed by atoms with van der Waals surface area (Å²) in [6, 6.07) is 6.08. The topological polar surface area (TPSA) is 75.4 Å². The summed E-state index contributed by atoms with van der Waals surface area (Å²) >= 11 is 3.58. The number of carbonyl (C=O) groups is 1. The third-order valence-corrected chi connectivity index (χ3v) is 6.41. The zero-order valence-corrected chi connectivity index (χ0v) is 19.7. The Morgan fingerprint density at radius 1 is 1.29 bits per heavy atom. The molecular weight excluding hydrogens is 456 g/mol. The number of likely N-dealkylation sites (tertiary alicyclic amines) is 1. The molecule has 0 unspecified atom stereocenters. The maximum absolute atomic E-state index is 12.5. The summed E-state index contributed by atoms with van der Waals surface area (Å²) in [7, 11) is 0. The van der Waals surface area contributed by atoms with Crippen molar-refractivity contribution in [1.82, 2.24) is 24.5 Å². The van der Waals surface area contributed by atoms with Gasteiger partial charge in [0.25, 0.3) is 0 Å². The fraction of sp³-hybridized carbons (Fsp3) is 0.478. The van der Waals surface area contributed by atoms with Crippen molar-refractivity contribution in [1.29, 1.82) is 0 Å². The van der Waals surface area contributed by atoms with Gasteiger partial charge in [0.05, 0.1) is 10.7 Å². The highest BCUT2D eigenvalue weighted by atomic mass is 79.9. The molecule has 1 aliphatic heterocycles. The molecule has 0 atom stereocenters. The van der Waals surface area contributed by atoms with E-state index in [4.69, 9.17) is 4.98 Å². The number of amides is 1. The number of rotatable bonds is 7. The number of halogens is 1. The Bertz CT molecular complexity index is 1030. The number of pyridine rings is 1. The van der Waals surface area contributed by atoms with Crippen LogP contribution in [0.4, 0.5) is 5.82 Å². The van der Waals surface area contributed by atoms with Crippen molar-refractivity contribution in [2.24, 2.45) is 5.92 Å². The number of nitrogens with zero attached hydrogens (tertiary/aromatic N) is 5. The van der Waals surface area contributed by atoms with Crippen molar-refractivity contribution in [2.75, 3.05) is 18.4 Å². The number of anilines is 1. The second-order valence-corrected chi connectivity index (χ2v) is 9.45. The number of aromatic nitrogens is 4. The van der Waals surface area contributed by atoms with E-state index in [1.54, 1.807) is 12.4 Å². The van der Waals surface area contributed by atoms with Gasteiger partial charge in [-0.2, -0.15) is 9.61 Å². The molecule has 164 valence electrons. The smallest absolute Gasteiger partial charge is 0.222 e. The molecule has 31 heavy (non-hydrogen) atoms. The molecule has 1 amide bonds. The van der Waals surface area contributed by atoms with E-state index >= 15 is 0 Å². The largest absolute Gasteiger partial charge is 0.366 e. The van der Waals surface area contributed by atoms with Gasteiger partial charge in [0.1, 0.15) is 5.82 Å². The van der Waals surface area contributed by atoms with Crippen molar-refractivity contribution in [2.45, 2.75) is 52.0 Å². The van der Waals surface area contributed by atoms with Crippen LogP contribution < -0.4 is 5.32 Å². The minimum Gasteiger partial charge on any atom is -0.366 e. The molecule has 0 radical (unpaired) electrons. The van der Waals surface area contributed by atoms with E-state index in [0.717, 1.165) is 59.5 Å². The van der Waals surface area contributed by atoms with Crippen LogP contribution >= 0.6 is 15.9 Å². The first-order valence-electron chi connectivity index (χ1n) is 11.0. The second kappa shape index (κ2) is 9.77. The molecule has 0 bridgehead atoms. The standard InChI is InChI=1S/C23H29BrN6O/c1-16(2)5-6-22(31)29-10-7-18(8-11-29)20-12-21(26-14-17-4-3-9-25-13-17)30-23(28-20)19(24)15-27-30/h3-4,9,12-13,15-16,18,26H,5-8,10-11,14H2,1-2H3. The second-order valence-electron chi connectivity index (χ2n) is 8.60. The van der Waals surface area contributed by atoms with E-state index < -0.39 is 0 Å². The van der Waals surface area contributed by atoms with Crippen molar-refractivity contribution in [3.05, 3.63) is 52.5 Å². The third-order valence-electron chi connectivity index (χ3n) is 5.85. The van der Waals surface area contributed by atoms with E-state index in [1.165, 1.54) is 0 Å². The highest BCUT2D eigenvalue weighted by Crippen LogP contribution is 2.31. The van der Waals surface area contributed by atoms with Gasteiger partial charge in [-0.1, -0.05) is 19.9 Å². The monoisotopic (exact) mass is 484 g/mol. The number of fused-ring (bicyclic) bond motifs is 1. The minimum atomic E-state index is 0.285. The lowest BCUT2D eigenvalue weighted by atomic mass is 9.92. The molecule has 3 aromatic heterocycles. The lowest BCUT2D eigenvalue weighted by molar-refractivity contribution is -0.132. The fourth-order valence-electron chi connectivity index (χ4n) is 3.98. The van der Waals surface area contributed by atoms with Crippen molar-refractivity contribution < 1.29 is 4.79 Å². The quantitative estimate of drug-likeness (QED) is 0.528. The normalized spacial score (nSPS) is 15.0. The molecule has 0 saturated carbocycles. The zero-order valence-electron chi connectivity index (χ0n) is 18.1. The summed E-state index contributed by atoms with van der Waals surface area (Å²) in [6.45, 7) is 6.58. The van der Waals surface area contributed by atoms with Crippen LogP contribution in [0, 0.1) is 5.92 Å². The van der Waals surface area contributed by atoms with Gasteiger partial charge in [0.15, 0.2) is 5.65 Å². The van der Waals surface area contributed by atoms with Crippen LogP contribution in [-0.4, -0.2) is 43.5 Å². The molecule has 0 aromatic carbocycles. The molecule has 0 aliphatic carbocycles. The first-order valence-corrected chi connectivity index (χ1v) is 11.8. The zero-order chi connectivity index (χ0) is 21.8. The molecule has 7 nitrogen and oxygen atoms in total. The van der Waals surface area contributed by atoms with Crippen LogP contribution in [0.5, 0.6) is 0 Å². The maximum Gasteiger partial charge on any atom is 0.222 e. The predicted molar refractivity (Wildman–Crippen MR) is 125 cm³/mol. The van der Waals surface area contributed by atoms with E-state index in [2.05, 4.69) is 51.2 Å². The van der Waals surface area contributed by atoms with Gasteiger partial charge in [-0.3, -0.25) is 9.78 Å². The van der Waals surface area contributed by atoms with E-state index in [0.29, 0.717) is 24.8 Å². The Balaban J connectivity index is 1.48. The van der Waals surface area contributed by atoms with E-state index in [1.807, 2.05) is 27.7 Å². The van der Waals surface area contributed by atoms with Crippen molar-refractivity contribution in [3.8, 4) is 0 Å². The lowest BCUT2D eigenvalue weighted by Crippen LogP contribution is -2.38. The summed E-state index contributed by atoms with van der Waals surface area (Å²) in [6.07, 6.45) is 8.89. The Morgan fingerprint density at radius 2 is 2.10 bits per heavy atom. The number of hydrogen-bond donors (Lipinski definition) is 1. The minimum absolute atomic E-state index is 0.285. The molecule has 1 N–H and O–H groups in total. The lowest BCUT2D eigenvalue weighted by Gasteiger charge is -2.32. The number of hydrogen-bond acceptors (Lipinski definition) is 5. The van der Waals surface area contributed by atoms with Gasteiger partial charge < -0.3 is 10.2 Å². The van der Waals surface area contributed by atoms with Crippen molar-refractivity contribution >= 4 is 33.3 Å². The Hall–Kier alpha value is -2.48. The van der Waals surface area contributed by atoms with E-state index in [9.17, 15) is 4.79 Å². The fourth-order valence-corrected chi connectivity index (χ4v) is 4.33. The summed E-state index contributed by atoms with van der Waals surface area (Å²) in [4.78, 5) is 23.6.